The highest BCUT2D eigenvalue weighted by atomic mass is 19.1. The predicted octanol–water partition coefficient (Wildman–Crippen LogP) is 1.87. The third-order valence-corrected chi connectivity index (χ3v) is 6.09. The van der Waals surface area contributed by atoms with Crippen LogP contribution in [0.15, 0.2) is 34.3 Å². The van der Waals surface area contributed by atoms with Crippen molar-refractivity contribution in [1.29, 1.82) is 0 Å². The lowest BCUT2D eigenvalue weighted by Crippen LogP contribution is -2.54. The fourth-order valence-corrected chi connectivity index (χ4v) is 4.74. The van der Waals surface area contributed by atoms with Gasteiger partial charge >= 0.3 is 5.97 Å². The number of pyridine rings is 1. The van der Waals surface area contributed by atoms with Crippen molar-refractivity contribution >= 4 is 29.6 Å². The molecule has 9 nitrogen and oxygen atoms in total. The van der Waals surface area contributed by atoms with Crippen LogP contribution in [0.5, 0.6) is 0 Å². The number of methoxy groups -OCH3 is 1. The van der Waals surface area contributed by atoms with Gasteiger partial charge in [0.2, 0.25) is 0 Å². The number of nitrogens with two attached hydrogens (primary N) is 1. The second-order valence-corrected chi connectivity index (χ2v) is 7.71. The van der Waals surface area contributed by atoms with Gasteiger partial charge < -0.3 is 15.8 Å². The first-order valence-electron chi connectivity index (χ1n) is 9.86. The molecule has 3 aliphatic rings. The van der Waals surface area contributed by atoms with Crippen molar-refractivity contribution in [3.8, 4) is 0 Å². The number of ether oxygens (including phenoxy) is 1. The highest BCUT2D eigenvalue weighted by Crippen LogP contribution is 2.46. The van der Waals surface area contributed by atoms with E-state index in [0.717, 1.165) is 31.9 Å². The Morgan fingerprint density at radius 3 is 2.83 bits per heavy atom. The molecule has 158 valence electrons. The zero-order valence-corrected chi connectivity index (χ0v) is 16.6. The summed E-state index contributed by atoms with van der Waals surface area (Å²) in [6, 6.07) is 1.16. The van der Waals surface area contributed by atoms with E-state index in [2.05, 4.69) is 37.2 Å². The highest BCUT2D eigenvalue weighted by Gasteiger charge is 2.48. The smallest absolute Gasteiger partial charge is 0.311 e. The first-order valence-corrected chi connectivity index (χ1v) is 9.86. The van der Waals surface area contributed by atoms with Crippen LogP contribution < -0.4 is 11.1 Å². The van der Waals surface area contributed by atoms with Crippen LogP contribution in [0.1, 0.15) is 31.4 Å². The topological polar surface area (TPSA) is 131 Å². The molecule has 10 heteroatoms. The fraction of sp³-hybridized carbons (Fsp3) is 0.450. The molecule has 0 radical (unpaired) electrons. The van der Waals surface area contributed by atoms with Crippen molar-refractivity contribution < 1.29 is 13.9 Å². The Kier molecular flexibility index (Phi) is 5.47. The summed E-state index contributed by atoms with van der Waals surface area (Å²) in [4.78, 5) is 24.6. The summed E-state index contributed by atoms with van der Waals surface area (Å²) in [5.74, 6) is 0.0897. The Balaban J connectivity index is 1.63. The molecular weight excluding hydrogens is 389 g/mol. The van der Waals surface area contributed by atoms with Crippen molar-refractivity contribution in [3.05, 3.63) is 35.8 Å². The Bertz CT molecular complexity index is 1020. The van der Waals surface area contributed by atoms with Crippen LogP contribution in [-0.2, 0) is 9.53 Å². The Hall–Kier alpha value is -3.30. The summed E-state index contributed by atoms with van der Waals surface area (Å²) in [7, 11) is 1.41. The van der Waals surface area contributed by atoms with Gasteiger partial charge in [-0.2, -0.15) is 5.10 Å². The maximum Gasteiger partial charge on any atom is 0.311 e. The molecule has 2 aromatic rings. The summed E-state index contributed by atoms with van der Waals surface area (Å²) in [6.07, 6.45) is 6.65. The number of nitrogens with one attached hydrogen (secondary N) is 2. The molecule has 0 saturated heterocycles. The molecule has 2 heterocycles. The molecule has 2 aromatic heterocycles. The first-order chi connectivity index (χ1) is 14.5. The SMILES string of the molecule is C=N/C=C(\N=C(N)c1[nH]nc2ncc(F)cc12)N[C@@H]1C2CCC(CC2)[C@@H]1C(=O)OC. The first kappa shape index (κ1) is 20.0. The summed E-state index contributed by atoms with van der Waals surface area (Å²) in [5, 5.41) is 10.5. The maximum atomic E-state index is 13.6. The van der Waals surface area contributed by atoms with Crippen molar-refractivity contribution in [3.63, 3.8) is 0 Å². The average molecular weight is 413 g/mol. The number of hydrogen-bond acceptors (Lipinski definition) is 7. The Morgan fingerprint density at radius 2 is 2.13 bits per heavy atom. The summed E-state index contributed by atoms with van der Waals surface area (Å²) < 4.78 is 18.7. The van der Waals surface area contributed by atoms with E-state index >= 15 is 0 Å². The van der Waals surface area contributed by atoms with Gasteiger partial charge in [-0.15, -0.1) is 0 Å². The molecule has 2 bridgehead atoms. The van der Waals surface area contributed by atoms with E-state index in [1.54, 1.807) is 0 Å². The fourth-order valence-electron chi connectivity index (χ4n) is 4.74. The molecule has 0 amide bonds. The number of esters is 1. The number of nitrogens with zero attached hydrogens (tertiary/aromatic N) is 4. The lowest BCUT2D eigenvalue weighted by molar-refractivity contribution is -0.153. The number of carbonyl (C=O) groups is 1. The quantitative estimate of drug-likeness (QED) is 0.376. The normalized spacial score (nSPS) is 26.6. The van der Waals surface area contributed by atoms with E-state index in [0.29, 0.717) is 28.5 Å². The lowest BCUT2D eigenvalue weighted by atomic mass is 9.61. The van der Waals surface area contributed by atoms with Gasteiger partial charge in [0, 0.05) is 6.04 Å². The van der Waals surface area contributed by atoms with E-state index in [9.17, 15) is 9.18 Å². The third-order valence-electron chi connectivity index (χ3n) is 6.09. The number of carbonyl (C=O) groups excluding carboxylic acids is 1. The second kappa shape index (κ2) is 8.21. The van der Waals surface area contributed by atoms with E-state index in [1.807, 2.05) is 0 Å². The van der Waals surface area contributed by atoms with Crippen LogP contribution in [0.2, 0.25) is 0 Å². The average Bonchev–Trinajstić information content (AvgIpc) is 3.17. The van der Waals surface area contributed by atoms with Crippen molar-refractivity contribution in [2.24, 2.45) is 33.5 Å². The molecule has 0 unspecified atom stereocenters. The predicted molar refractivity (Wildman–Crippen MR) is 110 cm³/mol. The number of fused-ring (bicyclic) bond motifs is 4. The van der Waals surface area contributed by atoms with E-state index in [4.69, 9.17) is 10.5 Å². The maximum absolute atomic E-state index is 13.6. The number of aromatic amines is 1. The molecule has 0 spiro atoms. The second-order valence-electron chi connectivity index (χ2n) is 7.71. The van der Waals surface area contributed by atoms with Crippen LogP contribution in [0.4, 0.5) is 4.39 Å². The van der Waals surface area contributed by atoms with Gasteiger partial charge in [0.25, 0.3) is 0 Å². The molecule has 2 atom stereocenters. The van der Waals surface area contributed by atoms with Crippen LogP contribution in [0.25, 0.3) is 11.0 Å². The van der Waals surface area contributed by atoms with Crippen LogP contribution >= 0.6 is 0 Å². The van der Waals surface area contributed by atoms with Gasteiger partial charge in [0.1, 0.15) is 17.3 Å². The van der Waals surface area contributed by atoms with Crippen molar-refractivity contribution in [1.82, 2.24) is 20.5 Å². The molecule has 4 N–H and O–H groups in total. The van der Waals surface area contributed by atoms with Crippen LogP contribution in [0, 0.1) is 23.6 Å². The minimum atomic E-state index is -0.501. The van der Waals surface area contributed by atoms with E-state index in [1.165, 1.54) is 19.4 Å². The van der Waals surface area contributed by atoms with Crippen LogP contribution in [-0.4, -0.2) is 46.9 Å². The van der Waals surface area contributed by atoms with Gasteiger partial charge in [0.05, 0.1) is 30.8 Å². The van der Waals surface area contributed by atoms with Gasteiger partial charge in [-0.1, -0.05) is 0 Å². The molecule has 3 fully saturated rings. The monoisotopic (exact) mass is 413 g/mol. The molecule has 3 saturated carbocycles. The standard InChI is InChI=1S/C20H24FN7O2/c1-23-9-14(25-16-11-5-3-10(4-6-11)15(16)20(29)30-2)26-18(22)17-13-7-12(21)8-24-19(13)28-27-17/h7-11,15-16,25H,1,3-6H2,2H3,(H2,22,26)(H,24,27,28)/b14-9-/t10?,11?,15-,16+/m0/s1. The molecular formula is C20H24FN7O2. The minimum Gasteiger partial charge on any atom is -0.469 e. The zero-order valence-electron chi connectivity index (χ0n) is 16.6. The van der Waals surface area contributed by atoms with Gasteiger partial charge in [-0.05, 0) is 50.3 Å². The molecule has 30 heavy (non-hydrogen) atoms. The van der Waals surface area contributed by atoms with Crippen LogP contribution in [0.3, 0.4) is 0 Å². The van der Waals surface area contributed by atoms with Gasteiger partial charge in [-0.3, -0.25) is 14.9 Å². The minimum absolute atomic E-state index is 0.0860. The Morgan fingerprint density at radius 1 is 1.40 bits per heavy atom. The number of amidine groups is 1. The zero-order chi connectivity index (χ0) is 21.3. The summed E-state index contributed by atoms with van der Waals surface area (Å²) in [5.41, 5.74) is 6.87. The Labute approximate surface area is 172 Å². The highest BCUT2D eigenvalue weighted by molar-refractivity contribution is 6.06. The lowest BCUT2D eigenvalue weighted by Gasteiger charge is -2.47. The van der Waals surface area contributed by atoms with Gasteiger partial charge in [-0.25, -0.2) is 14.4 Å². The number of rotatable bonds is 6. The number of hydrogen-bond donors (Lipinski definition) is 3. The summed E-state index contributed by atoms with van der Waals surface area (Å²) >= 11 is 0. The number of aromatic nitrogens is 3. The van der Waals surface area contributed by atoms with E-state index < -0.39 is 5.82 Å². The number of halogens is 1. The van der Waals surface area contributed by atoms with E-state index in [-0.39, 0.29) is 29.7 Å². The third kappa shape index (κ3) is 3.64. The van der Waals surface area contributed by atoms with Gasteiger partial charge in [0.15, 0.2) is 11.5 Å². The van der Waals surface area contributed by atoms with Crippen molar-refractivity contribution in [2.75, 3.05) is 7.11 Å². The summed E-state index contributed by atoms with van der Waals surface area (Å²) in [6.45, 7) is 3.50. The molecule has 5 rings (SSSR count). The molecule has 0 aliphatic heterocycles. The molecule has 3 aliphatic carbocycles. The molecule has 0 aromatic carbocycles. The number of H-pyrrole nitrogens is 1. The largest absolute Gasteiger partial charge is 0.469 e. The number of aliphatic imine (C=N–C) groups is 2. The van der Waals surface area contributed by atoms with Crippen molar-refractivity contribution in [2.45, 2.75) is 31.7 Å².